The van der Waals surface area contributed by atoms with Gasteiger partial charge in [0.05, 0.1) is 0 Å². The first-order valence-electron chi connectivity index (χ1n) is 7.87. The fourth-order valence-corrected chi connectivity index (χ4v) is 4.82. The van der Waals surface area contributed by atoms with Gasteiger partial charge in [-0.2, -0.15) is 0 Å². The third kappa shape index (κ3) is 1.74. The van der Waals surface area contributed by atoms with Crippen LogP contribution in [0.4, 0.5) is 0 Å². The first-order valence-corrected chi connectivity index (χ1v) is 7.87. The summed E-state index contributed by atoms with van der Waals surface area (Å²) >= 11 is 0. The zero-order valence-electron chi connectivity index (χ0n) is 11.8. The van der Waals surface area contributed by atoms with Crippen LogP contribution >= 0.6 is 0 Å². The van der Waals surface area contributed by atoms with E-state index >= 15 is 0 Å². The minimum atomic E-state index is 0.314. The quantitative estimate of drug-likeness (QED) is 0.608. The summed E-state index contributed by atoms with van der Waals surface area (Å²) in [5.41, 5.74) is 4.34. The Kier molecular flexibility index (Phi) is 2.74. The number of terminal acetylenes is 1. The highest BCUT2D eigenvalue weighted by molar-refractivity contribution is 5.93. The summed E-state index contributed by atoms with van der Waals surface area (Å²) in [5, 5.41) is 0. The number of fused-ring (bicyclic) bond motifs is 4. The molecule has 102 valence electrons. The molecule has 0 bridgehead atoms. The van der Waals surface area contributed by atoms with Gasteiger partial charge in [-0.25, -0.2) is 0 Å². The molecule has 0 aliphatic heterocycles. The van der Waals surface area contributed by atoms with Gasteiger partial charge in [-0.3, -0.25) is 4.79 Å². The van der Waals surface area contributed by atoms with Crippen LogP contribution in [-0.2, 0) is 4.79 Å². The van der Waals surface area contributed by atoms with E-state index in [1.807, 2.05) is 6.08 Å². The van der Waals surface area contributed by atoms with Crippen molar-refractivity contribution in [2.75, 3.05) is 0 Å². The average Bonchev–Trinajstić information content (AvgIpc) is 2.89. The molecule has 1 fully saturated rings. The Hall–Kier alpha value is -1.55. The number of carbonyl (C=O) groups excluding carboxylic acids is 1. The van der Waals surface area contributed by atoms with Gasteiger partial charge in [-0.15, -0.1) is 12.3 Å². The molecular weight excluding hydrogens is 244 g/mol. The average molecular weight is 264 g/mol. The van der Waals surface area contributed by atoms with E-state index in [1.54, 1.807) is 0 Å². The number of hydrogen-bond acceptors (Lipinski definition) is 1. The van der Waals surface area contributed by atoms with Crippen molar-refractivity contribution in [1.82, 2.24) is 0 Å². The molecule has 4 aliphatic rings. The summed E-state index contributed by atoms with van der Waals surface area (Å²) in [6.07, 6.45) is 18.6. The van der Waals surface area contributed by atoms with Crippen molar-refractivity contribution in [2.45, 2.75) is 38.5 Å². The van der Waals surface area contributed by atoms with Crippen LogP contribution in [0.5, 0.6) is 0 Å². The Morgan fingerprint density at radius 1 is 1.20 bits per heavy atom. The SMILES string of the molecule is C#CC1C[C@@H]2[C@H](C=CC3=C4CCC(=O)C=C4CC[C@H]32)C1. The zero-order valence-corrected chi connectivity index (χ0v) is 11.8. The molecule has 0 spiro atoms. The van der Waals surface area contributed by atoms with Gasteiger partial charge in [0.25, 0.3) is 0 Å². The molecule has 20 heavy (non-hydrogen) atoms. The van der Waals surface area contributed by atoms with Crippen LogP contribution in [-0.4, -0.2) is 5.78 Å². The third-order valence-corrected chi connectivity index (χ3v) is 5.76. The lowest BCUT2D eigenvalue weighted by atomic mass is 9.66. The minimum absolute atomic E-state index is 0.314. The monoisotopic (exact) mass is 264 g/mol. The Morgan fingerprint density at radius 3 is 2.95 bits per heavy atom. The molecule has 1 saturated carbocycles. The summed E-state index contributed by atoms with van der Waals surface area (Å²) < 4.78 is 0. The van der Waals surface area contributed by atoms with Gasteiger partial charge < -0.3 is 0 Å². The van der Waals surface area contributed by atoms with E-state index in [9.17, 15) is 4.79 Å². The minimum Gasteiger partial charge on any atom is -0.295 e. The zero-order chi connectivity index (χ0) is 13.7. The predicted molar refractivity (Wildman–Crippen MR) is 79.8 cm³/mol. The van der Waals surface area contributed by atoms with Gasteiger partial charge in [0.15, 0.2) is 5.78 Å². The molecule has 0 radical (unpaired) electrons. The molecule has 4 aliphatic carbocycles. The maximum Gasteiger partial charge on any atom is 0.156 e. The van der Waals surface area contributed by atoms with E-state index in [0.717, 1.165) is 18.8 Å². The Labute approximate surface area is 120 Å². The first kappa shape index (κ1) is 12.2. The van der Waals surface area contributed by atoms with Gasteiger partial charge in [-0.1, -0.05) is 12.2 Å². The molecule has 4 rings (SSSR count). The van der Waals surface area contributed by atoms with Gasteiger partial charge in [0.1, 0.15) is 0 Å². The summed E-state index contributed by atoms with van der Waals surface area (Å²) in [5.74, 6) is 5.91. The summed E-state index contributed by atoms with van der Waals surface area (Å²) in [6.45, 7) is 0. The Morgan fingerprint density at radius 2 is 2.10 bits per heavy atom. The van der Waals surface area contributed by atoms with Crippen molar-refractivity contribution in [3.05, 3.63) is 34.9 Å². The number of carbonyl (C=O) groups is 1. The smallest absolute Gasteiger partial charge is 0.156 e. The maximum absolute atomic E-state index is 11.6. The second-order valence-electron chi connectivity index (χ2n) is 6.74. The van der Waals surface area contributed by atoms with Crippen molar-refractivity contribution < 1.29 is 4.79 Å². The predicted octanol–water partition coefficient (Wildman–Crippen LogP) is 3.83. The first-order chi connectivity index (χ1) is 9.76. The molecule has 0 N–H and O–H groups in total. The highest BCUT2D eigenvalue weighted by Crippen LogP contribution is 2.52. The van der Waals surface area contributed by atoms with Gasteiger partial charge >= 0.3 is 0 Å². The van der Waals surface area contributed by atoms with Gasteiger partial charge in [-0.05, 0) is 72.7 Å². The fraction of sp³-hybridized carbons (Fsp3) is 0.526. The topological polar surface area (TPSA) is 17.1 Å². The number of allylic oxidation sites excluding steroid dienone is 6. The van der Waals surface area contributed by atoms with Crippen molar-refractivity contribution in [3.8, 4) is 12.3 Å². The second kappa shape index (κ2) is 4.48. The lowest BCUT2D eigenvalue weighted by Crippen LogP contribution is -2.28. The summed E-state index contributed by atoms with van der Waals surface area (Å²) in [7, 11) is 0. The van der Waals surface area contributed by atoms with Crippen LogP contribution in [0.2, 0.25) is 0 Å². The van der Waals surface area contributed by atoms with Crippen LogP contribution in [0.3, 0.4) is 0 Å². The van der Waals surface area contributed by atoms with E-state index in [2.05, 4.69) is 18.1 Å². The molecule has 1 nitrogen and oxygen atoms in total. The van der Waals surface area contributed by atoms with Crippen molar-refractivity contribution in [2.24, 2.45) is 23.7 Å². The summed E-state index contributed by atoms with van der Waals surface area (Å²) in [4.78, 5) is 11.6. The van der Waals surface area contributed by atoms with Crippen LogP contribution in [0, 0.1) is 36.0 Å². The van der Waals surface area contributed by atoms with Crippen LogP contribution in [0.1, 0.15) is 38.5 Å². The van der Waals surface area contributed by atoms with Crippen LogP contribution < -0.4 is 0 Å². The van der Waals surface area contributed by atoms with Crippen molar-refractivity contribution >= 4 is 5.78 Å². The van der Waals surface area contributed by atoms with Crippen LogP contribution in [0.25, 0.3) is 0 Å². The maximum atomic E-state index is 11.6. The Balaban J connectivity index is 1.74. The van der Waals surface area contributed by atoms with Crippen molar-refractivity contribution in [1.29, 1.82) is 0 Å². The van der Waals surface area contributed by atoms with E-state index in [-0.39, 0.29) is 0 Å². The number of ketones is 1. The summed E-state index contributed by atoms with van der Waals surface area (Å²) in [6, 6.07) is 0. The van der Waals surface area contributed by atoms with Gasteiger partial charge in [0, 0.05) is 12.3 Å². The number of rotatable bonds is 0. The molecule has 0 saturated heterocycles. The van der Waals surface area contributed by atoms with Crippen molar-refractivity contribution in [3.63, 3.8) is 0 Å². The second-order valence-corrected chi connectivity index (χ2v) is 6.74. The van der Waals surface area contributed by atoms with Crippen LogP contribution in [0.15, 0.2) is 34.9 Å². The van der Waals surface area contributed by atoms with E-state index in [4.69, 9.17) is 6.42 Å². The Bertz CT molecular complexity index is 596. The molecule has 0 aromatic rings. The standard InChI is InChI=1S/C19H20O/c1-2-12-9-13-3-6-17-16-8-5-15(20)11-14(16)4-7-18(17)19(13)10-12/h1,3,6,11-13,18-19H,4-5,7-10H2/t12?,13-,18-,19-/m1/s1. The molecule has 0 aromatic carbocycles. The fourth-order valence-electron chi connectivity index (χ4n) is 4.82. The third-order valence-electron chi connectivity index (χ3n) is 5.76. The highest BCUT2D eigenvalue weighted by Gasteiger charge is 2.42. The highest BCUT2D eigenvalue weighted by atomic mass is 16.1. The molecule has 0 heterocycles. The lowest BCUT2D eigenvalue weighted by Gasteiger charge is -2.38. The van der Waals surface area contributed by atoms with Gasteiger partial charge in [0.2, 0.25) is 0 Å². The molecule has 0 amide bonds. The lowest BCUT2D eigenvalue weighted by molar-refractivity contribution is -0.114. The molecule has 1 unspecified atom stereocenters. The normalized spacial score (nSPS) is 38.8. The molecule has 4 atom stereocenters. The molecular formula is C19H20O. The van der Waals surface area contributed by atoms with E-state index in [1.165, 1.54) is 36.0 Å². The molecule has 1 heteroatoms. The largest absolute Gasteiger partial charge is 0.295 e. The van der Waals surface area contributed by atoms with E-state index < -0.39 is 0 Å². The number of hydrogen-bond donors (Lipinski definition) is 0. The molecule has 0 aromatic heterocycles. The van der Waals surface area contributed by atoms with E-state index in [0.29, 0.717) is 30.0 Å².